The van der Waals surface area contributed by atoms with Gasteiger partial charge in [-0.1, -0.05) is 32.9 Å². The molecule has 26 heavy (non-hydrogen) atoms. The molecule has 0 unspecified atom stereocenters. The molecule has 3 fully saturated rings. The molecule has 0 aromatic heterocycles. The summed E-state index contributed by atoms with van der Waals surface area (Å²) < 4.78 is 5.74. The second kappa shape index (κ2) is 5.81. The number of carbonyl (C=O) groups is 2. The van der Waals surface area contributed by atoms with Gasteiger partial charge in [-0.05, 0) is 72.8 Å². The predicted octanol–water partition coefficient (Wildman–Crippen LogP) is 4.86. The highest BCUT2D eigenvalue weighted by atomic mass is 16.5. The largest absolute Gasteiger partial charge is 0.462 e. The maximum atomic E-state index is 12.2. The quantitative estimate of drug-likeness (QED) is 0.630. The van der Waals surface area contributed by atoms with E-state index in [9.17, 15) is 9.59 Å². The summed E-state index contributed by atoms with van der Waals surface area (Å²) in [6.07, 6.45) is 8.04. The minimum absolute atomic E-state index is 0.0642. The van der Waals surface area contributed by atoms with E-state index < -0.39 is 0 Å². The summed E-state index contributed by atoms with van der Waals surface area (Å²) in [5, 5.41) is 0. The Morgan fingerprint density at radius 3 is 2.62 bits per heavy atom. The van der Waals surface area contributed by atoms with Gasteiger partial charge in [0, 0.05) is 18.8 Å². The normalized spacial score (nSPS) is 47.5. The Kier molecular flexibility index (Phi) is 4.02. The molecule has 7 atom stereocenters. The van der Waals surface area contributed by atoms with Crippen molar-refractivity contribution in [2.24, 2.45) is 34.5 Å². The van der Waals surface area contributed by atoms with E-state index in [1.54, 1.807) is 0 Å². The van der Waals surface area contributed by atoms with E-state index >= 15 is 0 Å². The Balaban J connectivity index is 1.70. The second-order valence-corrected chi connectivity index (χ2v) is 9.82. The van der Waals surface area contributed by atoms with Gasteiger partial charge in [0.1, 0.15) is 6.10 Å². The van der Waals surface area contributed by atoms with Crippen molar-refractivity contribution in [1.29, 1.82) is 0 Å². The average molecular weight is 357 g/mol. The Bertz CT molecular complexity index is 704. The standard InChI is InChI=1S/C23H32O3/c1-13-10-17-18-6-7-21(26-15(3)24)22(18,4)9-8-19(17)23(5)14(2)11-16(25)12-20(13)23/h12,14,17-19,21H,1,6-11H2,2-5H3/t14-,17+,18+,19+,21+,22+,23-/m1/s1. The first-order valence-corrected chi connectivity index (χ1v) is 10.3. The molecule has 0 amide bonds. The van der Waals surface area contributed by atoms with E-state index in [0.29, 0.717) is 30.1 Å². The molecule has 3 nitrogen and oxygen atoms in total. The van der Waals surface area contributed by atoms with Crippen LogP contribution < -0.4 is 0 Å². The minimum Gasteiger partial charge on any atom is -0.462 e. The summed E-state index contributed by atoms with van der Waals surface area (Å²) in [6, 6.07) is 0. The van der Waals surface area contributed by atoms with Crippen LogP contribution in [0.2, 0.25) is 0 Å². The molecule has 0 saturated heterocycles. The third-order valence-corrected chi connectivity index (χ3v) is 8.71. The van der Waals surface area contributed by atoms with E-state index in [1.165, 1.54) is 18.1 Å². The number of esters is 1. The highest BCUT2D eigenvalue weighted by molar-refractivity contribution is 5.93. The lowest BCUT2D eigenvalue weighted by atomic mass is 9.44. The van der Waals surface area contributed by atoms with Gasteiger partial charge in [-0.15, -0.1) is 0 Å². The Hall–Kier alpha value is -1.38. The fourth-order valence-corrected chi connectivity index (χ4v) is 7.26. The zero-order valence-electron chi connectivity index (χ0n) is 16.6. The number of carbonyl (C=O) groups excluding carboxylic acids is 2. The Morgan fingerprint density at radius 2 is 1.92 bits per heavy atom. The molecular weight excluding hydrogens is 324 g/mol. The molecule has 4 rings (SSSR count). The molecule has 0 aromatic rings. The molecule has 142 valence electrons. The molecule has 0 aliphatic heterocycles. The first kappa shape index (κ1) is 18.0. The molecule has 0 radical (unpaired) electrons. The van der Waals surface area contributed by atoms with Crippen molar-refractivity contribution in [1.82, 2.24) is 0 Å². The van der Waals surface area contributed by atoms with Crippen molar-refractivity contribution in [3.8, 4) is 0 Å². The number of hydrogen-bond donors (Lipinski definition) is 0. The monoisotopic (exact) mass is 356 g/mol. The van der Waals surface area contributed by atoms with Crippen LogP contribution in [0.1, 0.15) is 66.2 Å². The third kappa shape index (κ3) is 2.31. The zero-order valence-corrected chi connectivity index (χ0v) is 16.6. The second-order valence-electron chi connectivity index (χ2n) is 9.82. The molecule has 3 saturated carbocycles. The Labute approximate surface area is 157 Å². The lowest BCUT2D eigenvalue weighted by molar-refractivity contribution is -0.157. The highest BCUT2D eigenvalue weighted by Crippen LogP contribution is 2.67. The Morgan fingerprint density at radius 1 is 1.19 bits per heavy atom. The number of rotatable bonds is 1. The fourth-order valence-electron chi connectivity index (χ4n) is 7.26. The first-order valence-electron chi connectivity index (χ1n) is 10.3. The van der Waals surface area contributed by atoms with Crippen molar-refractivity contribution < 1.29 is 14.3 Å². The van der Waals surface area contributed by atoms with Gasteiger partial charge in [0.2, 0.25) is 0 Å². The summed E-state index contributed by atoms with van der Waals surface area (Å²) >= 11 is 0. The lowest BCUT2D eigenvalue weighted by Gasteiger charge is -2.60. The van der Waals surface area contributed by atoms with Gasteiger partial charge < -0.3 is 4.74 Å². The fraction of sp³-hybridized carbons (Fsp3) is 0.739. The van der Waals surface area contributed by atoms with E-state index in [0.717, 1.165) is 32.1 Å². The van der Waals surface area contributed by atoms with Gasteiger partial charge >= 0.3 is 5.97 Å². The lowest BCUT2D eigenvalue weighted by Crippen LogP contribution is -2.54. The molecule has 4 aliphatic rings. The molecule has 4 aliphatic carbocycles. The molecule has 0 aromatic carbocycles. The van der Waals surface area contributed by atoms with Crippen molar-refractivity contribution in [2.45, 2.75) is 72.3 Å². The van der Waals surface area contributed by atoms with Gasteiger partial charge in [0.15, 0.2) is 5.78 Å². The maximum Gasteiger partial charge on any atom is 0.302 e. The van der Waals surface area contributed by atoms with Crippen LogP contribution in [0, 0.1) is 34.5 Å². The number of hydrogen-bond acceptors (Lipinski definition) is 3. The minimum atomic E-state index is -0.149. The molecule has 0 bridgehead atoms. The highest BCUT2D eigenvalue weighted by Gasteiger charge is 2.61. The van der Waals surface area contributed by atoms with E-state index in [1.807, 2.05) is 6.08 Å². The van der Waals surface area contributed by atoms with Crippen LogP contribution in [0.4, 0.5) is 0 Å². The summed E-state index contributed by atoms with van der Waals surface area (Å²) in [5.41, 5.74) is 2.57. The molecule has 3 heteroatoms. The van der Waals surface area contributed by atoms with Gasteiger partial charge in [-0.25, -0.2) is 0 Å². The molecule has 0 heterocycles. The number of fused-ring (bicyclic) bond motifs is 5. The molecule has 0 spiro atoms. The van der Waals surface area contributed by atoms with Gasteiger partial charge in [-0.2, -0.15) is 0 Å². The van der Waals surface area contributed by atoms with Crippen molar-refractivity contribution in [3.05, 3.63) is 23.8 Å². The summed E-state index contributed by atoms with van der Waals surface area (Å²) in [4.78, 5) is 23.8. The smallest absolute Gasteiger partial charge is 0.302 e. The van der Waals surface area contributed by atoms with Crippen LogP contribution in [-0.4, -0.2) is 17.9 Å². The average Bonchev–Trinajstić information content (AvgIpc) is 2.87. The van der Waals surface area contributed by atoms with Crippen LogP contribution in [0.15, 0.2) is 23.8 Å². The van der Waals surface area contributed by atoms with E-state index in [-0.39, 0.29) is 28.7 Å². The summed E-state index contributed by atoms with van der Waals surface area (Å²) in [7, 11) is 0. The van der Waals surface area contributed by atoms with E-state index in [2.05, 4.69) is 27.4 Å². The summed E-state index contributed by atoms with van der Waals surface area (Å²) in [6.45, 7) is 12.9. The van der Waals surface area contributed by atoms with E-state index in [4.69, 9.17) is 4.74 Å². The SMILES string of the molecule is C=C1C[C@H]2[C@@H]3CC[C@H](OC(C)=O)[C@@]3(C)CC[C@@H]2[C@]2(C)C1=CC(=O)C[C@H]2C. The predicted molar refractivity (Wildman–Crippen MR) is 101 cm³/mol. The maximum absolute atomic E-state index is 12.2. The first-order chi connectivity index (χ1) is 12.2. The third-order valence-electron chi connectivity index (χ3n) is 8.71. The van der Waals surface area contributed by atoms with Crippen LogP contribution in [-0.2, 0) is 14.3 Å². The topological polar surface area (TPSA) is 43.4 Å². The summed E-state index contributed by atoms with van der Waals surface area (Å²) in [5.74, 6) is 2.28. The van der Waals surface area contributed by atoms with Crippen LogP contribution in [0.5, 0.6) is 0 Å². The molecular formula is C23H32O3. The zero-order chi connectivity index (χ0) is 18.9. The molecule has 0 N–H and O–H groups in total. The van der Waals surface area contributed by atoms with Gasteiger partial charge in [-0.3, -0.25) is 9.59 Å². The van der Waals surface area contributed by atoms with Crippen LogP contribution in [0.25, 0.3) is 0 Å². The van der Waals surface area contributed by atoms with Gasteiger partial charge in [0.25, 0.3) is 0 Å². The van der Waals surface area contributed by atoms with Gasteiger partial charge in [0.05, 0.1) is 0 Å². The number of allylic oxidation sites excluding steroid dienone is 2. The van der Waals surface area contributed by atoms with Crippen LogP contribution in [0.3, 0.4) is 0 Å². The van der Waals surface area contributed by atoms with Crippen molar-refractivity contribution in [2.75, 3.05) is 0 Å². The van der Waals surface area contributed by atoms with Crippen molar-refractivity contribution in [3.63, 3.8) is 0 Å². The number of ether oxygens (including phenoxy) is 1. The van der Waals surface area contributed by atoms with Crippen molar-refractivity contribution >= 4 is 11.8 Å². The number of ketones is 1. The van der Waals surface area contributed by atoms with Crippen LogP contribution >= 0.6 is 0 Å².